The Hall–Kier alpha value is -4.12. The van der Waals surface area contributed by atoms with Crippen LogP contribution in [0.2, 0.25) is 0 Å². The number of aromatic nitrogens is 6. The molecule has 1 saturated heterocycles. The molecule has 1 saturated carbocycles. The van der Waals surface area contributed by atoms with Gasteiger partial charge in [0.15, 0.2) is 5.82 Å². The number of nitrogens with zero attached hydrogens (tertiary/aromatic N) is 7. The zero-order chi connectivity index (χ0) is 26.1. The molecule has 1 aliphatic carbocycles. The molecule has 2 N–H and O–H groups in total. The number of carbonyl (C=O) groups excluding carboxylic acids is 1. The standard InChI is InChI=1S/C27H30N8O3/c1-37-22-7-11-34(12-8-22)23(36)17-35-16-20(15-31-35)24-32-25(33-38-24)27(9-2-10-27)21-5-3-18(4-6-21)19-13-29-26(28)30-14-19/h3-6,13-16,22H,2,7-12,17H2,1H3,(H2,28,29,30). The van der Waals surface area contributed by atoms with Gasteiger partial charge in [0.1, 0.15) is 6.54 Å². The molecule has 6 rings (SSSR count). The van der Waals surface area contributed by atoms with Crippen molar-refractivity contribution in [2.45, 2.75) is 50.2 Å². The maximum absolute atomic E-state index is 12.7. The van der Waals surface area contributed by atoms with Gasteiger partial charge in [-0.25, -0.2) is 9.97 Å². The number of nitrogens with two attached hydrogens (primary N) is 1. The van der Waals surface area contributed by atoms with Gasteiger partial charge in [0.2, 0.25) is 11.9 Å². The molecule has 0 unspecified atom stereocenters. The maximum atomic E-state index is 12.7. The van der Waals surface area contributed by atoms with Crippen molar-refractivity contribution in [1.29, 1.82) is 0 Å². The second-order valence-electron chi connectivity index (χ2n) is 10.0. The lowest BCUT2D eigenvalue weighted by Gasteiger charge is -2.39. The Kier molecular flexibility index (Phi) is 6.36. The Bertz CT molecular complexity index is 1400. The molecule has 2 fully saturated rings. The Morgan fingerprint density at radius 3 is 2.47 bits per heavy atom. The predicted octanol–water partition coefficient (Wildman–Crippen LogP) is 3.08. The second-order valence-corrected chi connectivity index (χ2v) is 10.0. The quantitative estimate of drug-likeness (QED) is 0.394. The van der Waals surface area contributed by atoms with E-state index in [2.05, 4.69) is 44.5 Å². The van der Waals surface area contributed by atoms with Crippen LogP contribution in [0.3, 0.4) is 0 Å². The summed E-state index contributed by atoms with van der Waals surface area (Å²) in [6.07, 6.45) is 11.8. The number of hydrogen-bond donors (Lipinski definition) is 1. The van der Waals surface area contributed by atoms with Gasteiger partial charge in [-0.3, -0.25) is 9.48 Å². The van der Waals surface area contributed by atoms with Crippen molar-refractivity contribution in [2.75, 3.05) is 25.9 Å². The van der Waals surface area contributed by atoms with Gasteiger partial charge in [-0.2, -0.15) is 10.1 Å². The molecule has 11 heteroatoms. The monoisotopic (exact) mass is 514 g/mol. The van der Waals surface area contributed by atoms with Gasteiger partial charge in [-0.1, -0.05) is 35.8 Å². The summed E-state index contributed by atoms with van der Waals surface area (Å²) in [5.74, 6) is 1.38. The normalized spacial score (nSPS) is 17.3. The molecular formula is C27H30N8O3. The van der Waals surface area contributed by atoms with Crippen LogP contribution in [0.25, 0.3) is 22.6 Å². The van der Waals surface area contributed by atoms with E-state index in [9.17, 15) is 4.79 Å². The number of nitrogen functional groups attached to an aromatic ring is 1. The first-order chi connectivity index (χ1) is 18.5. The largest absolute Gasteiger partial charge is 0.381 e. The summed E-state index contributed by atoms with van der Waals surface area (Å²) in [5, 5.41) is 8.73. The first-order valence-corrected chi connectivity index (χ1v) is 12.9. The fourth-order valence-electron chi connectivity index (χ4n) is 5.32. The van der Waals surface area contributed by atoms with Crippen molar-refractivity contribution in [1.82, 2.24) is 34.8 Å². The van der Waals surface area contributed by atoms with Gasteiger partial charge >= 0.3 is 0 Å². The summed E-state index contributed by atoms with van der Waals surface area (Å²) in [5.41, 5.74) is 9.10. The van der Waals surface area contributed by atoms with Crippen LogP contribution < -0.4 is 5.73 Å². The number of likely N-dealkylation sites (tertiary alicyclic amines) is 1. The number of carbonyl (C=O) groups is 1. The summed E-state index contributed by atoms with van der Waals surface area (Å²) in [6.45, 7) is 1.58. The van der Waals surface area contributed by atoms with Crippen molar-refractivity contribution in [3.05, 3.63) is 60.4 Å². The van der Waals surface area contributed by atoms with E-state index in [1.54, 1.807) is 36.6 Å². The van der Waals surface area contributed by atoms with E-state index >= 15 is 0 Å². The lowest BCUT2D eigenvalue weighted by Crippen LogP contribution is -2.42. The third kappa shape index (κ3) is 4.53. The van der Waals surface area contributed by atoms with E-state index in [-0.39, 0.29) is 29.9 Å². The van der Waals surface area contributed by atoms with Crippen LogP contribution >= 0.6 is 0 Å². The minimum absolute atomic E-state index is 0.0443. The molecule has 3 aromatic heterocycles. The number of benzene rings is 1. The lowest BCUT2D eigenvalue weighted by atomic mass is 9.64. The summed E-state index contributed by atoms with van der Waals surface area (Å²) in [7, 11) is 1.72. The summed E-state index contributed by atoms with van der Waals surface area (Å²) in [6, 6.07) is 8.34. The first kappa shape index (κ1) is 24.2. The molecule has 0 atom stereocenters. The molecule has 4 aromatic rings. The molecular weight excluding hydrogens is 484 g/mol. The molecule has 11 nitrogen and oxygen atoms in total. The van der Waals surface area contributed by atoms with E-state index < -0.39 is 0 Å². The number of hydrogen-bond acceptors (Lipinski definition) is 9. The highest BCUT2D eigenvalue weighted by Gasteiger charge is 2.44. The maximum Gasteiger partial charge on any atom is 0.261 e. The molecule has 1 aliphatic heterocycles. The molecule has 4 heterocycles. The predicted molar refractivity (Wildman–Crippen MR) is 139 cm³/mol. The third-order valence-electron chi connectivity index (χ3n) is 7.81. The van der Waals surface area contributed by atoms with E-state index in [1.165, 1.54) is 0 Å². The van der Waals surface area contributed by atoms with Crippen LogP contribution in [0, 0.1) is 0 Å². The molecule has 2 aliphatic rings. The van der Waals surface area contributed by atoms with Gasteiger partial charge in [0.05, 0.1) is 23.3 Å². The number of ether oxygens (including phenoxy) is 1. The van der Waals surface area contributed by atoms with Gasteiger partial charge < -0.3 is 19.9 Å². The number of amides is 1. The summed E-state index contributed by atoms with van der Waals surface area (Å²) < 4.78 is 12.7. The van der Waals surface area contributed by atoms with Crippen LogP contribution in [-0.4, -0.2) is 67.0 Å². The SMILES string of the molecule is COC1CCN(C(=O)Cn2cc(-c3nc(C4(c5ccc(-c6cnc(N)nc6)cc5)CCC4)no3)cn2)CC1. The number of piperidine rings is 1. The van der Waals surface area contributed by atoms with E-state index in [1.807, 2.05) is 4.90 Å². The fourth-order valence-corrected chi connectivity index (χ4v) is 5.32. The van der Waals surface area contributed by atoms with Crippen LogP contribution in [0.4, 0.5) is 5.95 Å². The van der Waals surface area contributed by atoms with Crippen LogP contribution in [0.15, 0.2) is 53.6 Å². The minimum Gasteiger partial charge on any atom is -0.381 e. The Morgan fingerprint density at radius 1 is 1.08 bits per heavy atom. The Morgan fingerprint density at radius 2 is 1.82 bits per heavy atom. The van der Waals surface area contributed by atoms with Gasteiger partial charge in [0.25, 0.3) is 5.89 Å². The smallest absolute Gasteiger partial charge is 0.261 e. The zero-order valence-corrected chi connectivity index (χ0v) is 21.3. The van der Waals surface area contributed by atoms with Crippen molar-refractivity contribution >= 4 is 11.9 Å². The van der Waals surface area contributed by atoms with E-state index in [4.69, 9.17) is 20.0 Å². The average molecular weight is 515 g/mol. The fraction of sp³-hybridized carbons (Fsp3) is 0.407. The molecule has 0 spiro atoms. The number of rotatable bonds is 7. The van der Waals surface area contributed by atoms with Gasteiger partial charge in [0, 0.05) is 44.4 Å². The number of anilines is 1. The second kappa shape index (κ2) is 9.97. The van der Waals surface area contributed by atoms with Gasteiger partial charge in [-0.15, -0.1) is 0 Å². The molecule has 1 aromatic carbocycles. The number of methoxy groups -OCH3 is 1. The topological polar surface area (TPSA) is 138 Å². The van der Waals surface area contributed by atoms with Crippen LogP contribution in [0.5, 0.6) is 0 Å². The van der Waals surface area contributed by atoms with Crippen LogP contribution in [-0.2, 0) is 21.5 Å². The lowest BCUT2D eigenvalue weighted by molar-refractivity contribution is -0.134. The molecule has 0 radical (unpaired) electrons. The molecule has 1 amide bonds. The van der Waals surface area contributed by atoms with Crippen molar-refractivity contribution in [3.63, 3.8) is 0 Å². The Labute approximate surface area is 220 Å². The average Bonchev–Trinajstić information content (AvgIpc) is 3.59. The van der Waals surface area contributed by atoms with Crippen molar-refractivity contribution in [2.24, 2.45) is 0 Å². The van der Waals surface area contributed by atoms with Gasteiger partial charge in [-0.05, 0) is 36.8 Å². The molecule has 38 heavy (non-hydrogen) atoms. The van der Waals surface area contributed by atoms with E-state index in [0.29, 0.717) is 30.4 Å². The first-order valence-electron chi connectivity index (χ1n) is 12.9. The third-order valence-corrected chi connectivity index (χ3v) is 7.81. The highest BCUT2D eigenvalue weighted by molar-refractivity contribution is 5.76. The zero-order valence-electron chi connectivity index (χ0n) is 21.3. The van der Waals surface area contributed by atoms with Crippen molar-refractivity contribution in [3.8, 4) is 22.6 Å². The van der Waals surface area contributed by atoms with E-state index in [0.717, 1.165) is 48.8 Å². The van der Waals surface area contributed by atoms with Crippen LogP contribution in [0.1, 0.15) is 43.5 Å². The Balaban J connectivity index is 1.16. The summed E-state index contributed by atoms with van der Waals surface area (Å²) in [4.78, 5) is 27.5. The minimum atomic E-state index is -0.280. The highest BCUT2D eigenvalue weighted by Crippen LogP contribution is 2.48. The molecule has 196 valence electrons. The summed E-state index contributed by atoms with van der Waals surface area (Å²) >= 11 is 0. The molecule has 0 bridgehead atoms. The highest BCUT2D eigenvalue weighted by atomic mass is 16.5. The van der Waals surface area contributed by atoms with Crippen molar-refractivity contribution < 1.29 is 14.1 Å².